The van der Waals surface area contributed by atoms with Crippen LogP contribution in [-0.2, 0) is 7.05 Å². The van der Waals surface area contributed by atoms with Crippen molar-refractivity contribution < 1.29 is 0 Å². The first kappa shape index (κ1) is 14.2. The van der Waals surface area contributed by atoms with Crippen molar-refractivity contribution >= 4 is 33.3 Å². The molecule has 21 heavy (non-hydrogen) atoms. The van der Waals surface area contributed by atoms with E-state index >= 15 is 0 Å². The van der Waals surface area contributed by atoms with Crippen molar-refractivity contribution in [2.45, 2.75) is 0 Å². The molecule has 0 fully saturated rings. The number of nitrogens with two attached hydrogens (primary N) is 1. The SMILES string of the molecule is Cn1nc(-c2ccc(Cl)cc2)c(-c2ccccc2Br)c1N. The minimum Gasteiger partial charge on any atom is -0.383 e. The van der Waals surface area contributed by atoms with E-state index in [-0.39, 0.29) is 0 Å². The molecule has 2 aromatic carbocycles. The standard InChI is InChI=1S/C16H13BrClN3/c1-21-16(19)14(12-4-2-3-5-13(12)17)15(20-21)10-6-8-11(18)9-7-10/h2-9H,19H2,1H3. The molecule has 0 atom stereocenters. The summed E-state index contributed by atoms with van der Waals surface area (Å²) >= 11 is 9.54. The summed E-state index contributed by atoms with van der Waals surface area (Å²) in [6.07, 6.45) is 0. The van der Waals surface area contributed by atoms with Crippen molar-refractivity contribution in [3.05, 3.63) is 58.0 Å². The summed E-state index contributed by atoms with van der Waals surface area (Å²) in [6, 6.07) is 15.6. The van der Waals surface area contributed by atoms with Crippen LogP contribution in [0.1, 0.15) is 0 Å². The van der Waals surface area contributed by atoms with E-state index in [0.717, 1.165) is 26.9 Å². The maximum atomic E-state index is 6.23. The van der Waals surface area contributed by atoms with Gasteiger partial charge in [0.05, 0.1) is 5.56 Å². The van der Waals surface area contributed by atoms with E-state index in [2.05, 4.69) is 21.0 Å². The Labute approximate surface area is 136 Å². The maximum absolute atomic E-state index is 6.23. The number of hydrogen-bond acceptors (Lipinski definition) is 2. The van der Waals surface area contributed by atoms with Gasteiger partial charge in [0.15, 0.2) is 0 Å². The van der Waals surface area contributed by atoms with E-state index in [1.54, 1.807) is 4.68 Å². The van der Waals surface area contributed by atoms with E-state index in [4.69, 9.17) is 17.3 Å². The minimum atomic E-state index is 0.631. The first-order chi connectivity index (χ1) is 10.1. The van der Waals surface area contributed by atoms with Crippen LogP contribution in [0.4, 0.5) is 5.82 Å². The third-order valence-corrected chi connectivity index (χ3v) is 4.30. The molecule has 0 saturated heterocycles. The van der Waals surface area contributed by atoms with Gasteiger partial charge in [-0.3, -0.25) is 4.68 Å². The van der Waals surface area contributed by atoms with Crippen molar-refractivity contribution in [3.8, 4) is 22.4 Å². The Morgan fingerprint density at radius 3 is 2.43 bits per heavy atom. The molecule has 0 aliphatic heterocycles. The average molecular weight is 363 g/mol. The summed E-state index contributed by atoms with van der Waals surface area (Å²) in [5.74, 6) is 0.631. The fourth-order valence-corrected chi connectivity index (χ4v) is 2.89. The molecule has 3 rings (SSSR count). The summed E-state index contributed by atoms with van der Waals surface area (Å²) < 4.78 is 2.68. The van der Waals surface area contributed by atoms with Crippen molar-refractivity contribution in [2.75, 3.05) is 5.73 Å². The number of nitrogens with zero attached hydrogens (tertiary/aromatic N) is 2. The van der Waals surface area contributed by atoms with Crippen LogP contribution in [0.25, 0.3) is 22.4 Å². The van der Waals surface area contributed by atoms with Crippen LogP contribution in [0.15, 0.2) is 53.0 Å². The van der Waals surface area contributed by atoms with Gasteiger partial charge in [0.1, 0.15) is 11.5 Å². The molecule has 3 nitrogen and oxygen atoms in total. The van der Waals surface area contributed by atoms with Gasteiger partial charge in [-0.1, -0.05) is 57.9 Å². The van der Waals surface area contributed by atoms with Crippen molar-refractivity contribution in [1.29, 1.82) is 0 Å². The number of rotatable bonds is 2. The van der Waals surface area contributed by atoms with Crippen LogP contribution in [0.2, 0.25) is 5.02 Å². The zero-order chi connectivity index (χ0) is 15.0. The lowest BCUT2D eigenvalue weighted by molar-refractivity contribution is 0.782. The number of anilines is 1. The zero-order valence-electron chi connectivity index (χ0n) is 11.3. The minimum absolute atomic E-state index is 0.631. The van der Waals surface area contributed by atoms with Gasteiger partial charge < -0.3 is 5.73 Å². The first-order valence-electron chi connectivity index (χ1n) is 6.41. The molecular formula is C16H13BrClN3. The number of aryl methyl sites for hydroxylation is 1. The van der Waals surface area contributed by atoms with Gasteiger partial charge >= 0.3 is 0 Å². The molecule has 0 saturated carbocycles. The first-order valence-corrected chi connectivity index (χ1v) is 7.58. The third kappa shape index (κ3) is 2.57. The van der Waals surface area contributed by atoms with Gasteiger partial charge in [0.2, 0.25) is 0 Å². The lowest BCUT2D eigenvalue weighted by Crippen LogP contribution is -1.98. The molecular weight excluding hydrogens is 350 g/mol. The third-order valence-electron chi connectivity index (χ3n) is 3.35. The Kier molecular flexibility index (Phi) is 3.74. The predicted molar refractivity (Wildman–Crippen MR) is 91.2 cm³/mol. The average Bonchev–Trinajstić information content (AvgIpc) is 2.77. The number of nitrogen functional groups attached to an aromatic ring is 1. The molecule has 2 N–H and O–H groups in total. The van der Waals surface area contributed by atoms with Crippen LogP contribution in [0.5, 0.6) is 0 Å². The second-order valence-corrected chi connectivity index (χ2v) is 6.01. The van der Waals surface area contributed by atoms with Gasteiger partial charge in [0, 0.05) is 27.7 Å². The molecule has 1 heterocycles. The molecule has 3 aromatic rings. The monoisotopic (exact) mass is 361 g/mol. The van der Waals surface area contributed by atoms with Crippen LogP contribution in [0.3, 0.4) is 0 Å². The molecule has 0 unspecified atom stereocenters. The summed E-state index contributed by atoms with van der Waals surface area (Å²) in [5, 5.41) is 5.25. The largest absolute Gasteiger partial charge is 0.383 e. The van der Waals surface area contributed by atoms with E-state index < -0.39 is 0 Å². The summed E-state index contributed by atoms with van der Waals surface area (Å²) in [5.41, 5.74) is 10.00. The van der Waals surface area contributed by atoms with Gasteiger partial charge in [-0.05, 0) is 18.2 Å². The molecule has 0 bridgehead atoms. The summed E-state index contributed by atoms with van der Waals surface area (Å²) in [6.45, 7) is 0. The van der Waals surface area contributed by atoms with Crippen molar-refractivity contribution in [3.63, 3.8) is 0 Å². The topological polar surface area (TPSA) is 43.8 Å². The van der Waals surface area contributed by atoms with E-state index in [1.165, 1.54) is 0 Å². The molecule has 0 amide bonds. The number of halogens is 2. The second kappa shape index (κ2) is 5.54. The summed E-state index contributed by atoms with van der Waals surface area (Å²) in [4.78, 5) is 0. The Morgan fingerprint density at radius 1 is 1.10 bits per heavy atom. The lowest BCUT2D eigenvalue weighted by Gasteiger charge is -2.07. The van der Waals surface area contributed by atoms with Gasteiger partial charge in [-0.15, -0.1) is 0 Å². The second-order valence-electron chi connectivity index (χ2n) is 4.72. The Morgan fingerprint density at radius 2 is 1.76 bits per heavy atom. The van der Waals surface area contributed by atoms with Crippen LogP contribution < -0.4 is 5.73 Å². The quantitative estimate of drug-likeness (QED) is 0.715. The Bertz CT molecular complexity index is 794. The van der Waals surface area contributed by atoms with E-state index in [0.29, 0.717) is 10.8 Å². The Balaban J connectivity index is 2.26. The predicted octanol–water partition coefficient (Wildman–Crippen LogP) is 4.75. The molecule has 106 valence electrons. The Hall–Kier alpha value is -1.78. The van der Waals surface area contributed by atoms with Gasteiger partial charge in [0.25, 0.3) is 0 Å². The molecule has 0 aliphatic carbocycles. The van der Waals surface area contributed by atoms with Crippen LogP contribution >= 0.6 is 27.5 Å². The van der Waals surface area contributed by atoms with E-state index in [9.17, 15) is 0 Å². The smallest absolute Gasteiger partial charge is 0.129 e. The molecule has 0 radical (unpaired) electrons. The van der Waals surface area contributed by atoms with Crippen molar-refractivity contribution in [2.24, 2.45) is 7.05 Å². The normalized spacial score (nSPS) is 10.8. The lowest BCUT2D eigenvalue weighted by atomic mass is 10.0. The highest BCUT2D eigenvalue weighted by Gasteiger charge is 2.18. The highest BCUT2D eigenvalue weighted by molar-refractivity contribution is 9.10. The van der Waals surface area contributed by atoms with Crippen LogP contribution in [0, 0.1) is 0 Å². The number of hydrogen-bond donors (Lipinski definition) is 1. The van der Waals surface area contributed by atoms with E-state index in [1.807, 2.05) is 55.6 Å². The van der Waals surface area contributed by atoms with Gasteiger partial charge in [-0.2, -0.15) is 5.10 Å². The molecule has 1 aromatic heterocycles. The maximum Gasteiger partial charge on any atom is 0.129 e. The number of aromatic nitrogens is 2. The summed E-state index contributed by atoms with van der Waals surface area (Å²) in [7, 11) is 1.84. The highest BCUT2D eigenvalue weighted by Crippen LogP contribution is 2.39. The molecule has 0 aliphatic rings. The number of benzene rings is 2. The fraction of sp³-hybridized carbons (Fsp3) is 0.0625. The zero-order valence-corrected chi connectivity index (χ0v) is 13.7. The highest BCUT2D eigenvalue weighted by atomic mass is 79.9. The molecule has 0 spiro atoms. The molecule has 5 heteroatoms. The van der Waals surface area contributed by atoms with Crippen LogP contribution in [-0.4, -0.2) is 9.78 Å². The fourth-order valence-electron chi connectivity index (χ4n) is 2.28. The van der Waals surface area contributed by atoms with Gasteiger partial charge in [-0.25, -0.2) is 0 Å². The van der Waals surface area contributed by atoms with Crippen molar-refractivity contribution in [1.82, 2.24) is 9.78 Å².